The highest BCUT2D eigenvalue weighted by molar-refractivity contribution is 6.21. The lowest BCUT2D eigenvalue weighted by Gasteiger charge is -2.14. The van der Waals surface area contributed by atoms with Gasteiger partial charge in [0, 0.05) is 5.57 Å². The molecule has 6 heteroatoms. The Morgan fingerprint density at radius 2 is 1.91 bits per heavy atom. The predicted molar refractivity (Wildman–Crippen MR) is 80.9 cm³/mol. The van der Waals surface area contributed by atoms with Gasteiger partial charge in [0.25, 0.3) is 0 Å². The maximum atomic E-state index is 13.5. The van der Waals surface area contributed by atoms with Crippen molar-refractivity contribution in [1.82, 2.24) is 0 Å². The fourth-order valence-corrected chi connectivity index (χ4v) is 2.03. The molecule has 0 radical (unpaired) electrons. The number of carbonyl (C=O) groups is 2. The summed E-state index contributed by atoms with van der Waals surface area (Å²) in [5.41, 5.74) is 0.795. The van der Waals surface area contributed by atoms with E-state index >= 15 is 0 Å². The maximum Gasteiger partial charge on any atom is 0.368 e. The molecule has 1 aliphatic rings. The molecule has 120 valence electrons. The van der Waals surface area contributed by atoms with Crippen LogP contribution in [0.4, 0.5) is 8.78 Å². The molecule has 0 atom stereocenters. The summed E-state index contributed by atoms with van der Waals surface area (Å²) in [6, 6.07) is 2.47. The van der Waals surface area contributed by atoms with Crippen LogP contribution in [0.1, 0.15) is 31.1 Å². The standard InChI is InChI=1S/C17H15F2NO3/c1-9(2)12-8-15(10(3)6-16(12)21)20-23-17(22)13-7-11(18)4-5-14(13)19/h4-9H,1-3H3/b20-15-. The number of benzene rings is 1. The molecule has 4 nitrogen and oxygen atoms in total. The first-order chi connectivity index (χ1) is 10.8. The first-order valence-electron chi connectivity index (χ1n) is 6.98. The second kappa shape index (κ2) is 6.64. The highest BCUT2D eigenvalue weighted by Crippen LogP contribution is 2.19. The Kier molecular flexibility index (Phi) is 4.83. The SMILES string of the molecule is CC1=CC(=O)C(C(C)C)=C/C1=N/OC(=O)c1cc(F)ccc1F. The van der Waals surface area contributed by atoms with Gasteiger partial charge in [0.05, 0.1) is 0 Å². The van der Waals surface area contributed by atoms with Crippen LogP contribution in [0.5, 0.6) is 0 Å². The molecule has 0 fully saturated rings. The van der Waals surface area contributed by atoms with E-state index in [2.05, 4.69) is 9.99 Å². The van der Waals surface area contributed by atoms with Crippen molar-refractivity contribution in [3.8, 4) is 0 Å². The minimum absolute atomic E-state index is 0.0200. The molecule has 1 aromatic rings. The van der Waals surface area contributed by atoms with Gasteiger partial charge in [0.1, 0.15) is 22.9 Å². The molecule has 0 saturated heterocycles. The molecule has 2 rings (SSSR count). The third-order valence-electron chi connectivity index (χ3n) is 3.33. The first-order valence-corrected chi connectivity index (χ1v) is 6.98. The van der Waals surface area contributed by atoms with Crippen molar-refractivity contribution in [1.29, 1.82) is 0 Å². The Labute approximate surface area is 132 Å². The molecule has 0 N–H and O–H groups in total. The molecule has 0 saturated carbocycles. The number of nitrogens with zero attached hydrogens (tertiary/aromatic N) is 1. The molecular formula is C17H15F2NO3. The molecule has 0 unspecified atom stereocenters. The molecule has 0 heterocycles. The molecule has 0 spiro atoms. The summed E-state index contributed by atoms with van der Waals surface area (Å²) in [6.45, 7) is 5.34. The van der Waals surface area contributed by atoms with Crippen molar-refractivity contribution in [2.75, 3.05) is 0 Å². The molecular weight excluding hydrogens is 304 g/mol. The number of allylic oxidation sites excluding steroid dienone is 4. The zero-order chi connectivity index (χ0) is 17.1. The van der Waals surface area contributed by atoms with Crippen LogP contribution >= 0.6 is 0 Å². The zero-order valence-corrected chi connectivity index (χ0v) is 12.9. The lowest BCUT2D eigenvalue weighted by molar-refractivity contribution is -0.111. The zero-order valence-electron chi connectivity index (χ0n) is 12.9. The van der Waals surface area contributed by atoms with E-state index in [1.807, 2.05) is 13.8 Å². The smallest absolute Gasteiger partial charge is 0.312 e. The van der Waals surface area contributed by atoms with Gasteiger partial charge in [-0.15, -0.1) is 0 Å². The highest BCUT2D eigenvalue weighted by atomic mass is 19.1. The second-order valence-corrected chi connectivity index (χ2v) is 5.43. The Morgan fingerprint density at radius 1 is 1.22 bits per heavy atom. The van der Waals surface area contributed by atoms with E-state index in [1.54, 1.807) is 6.92 Å². The summed E-state index contributed by atoms with van der Waals surface area (Å²) in [6.07, 6.45) is 2.92. The first kappa shape index (κ1) is 16.7. The van der Waals surface area contributed by atoms with Gasteiger partial charge in [-0.3, -0.25) is 4.79 Å². The van der Waals surface area contributed by atoms with Gasteiger partial charge in [-0.05, 0) is 48.8 Å². The fourth-order valence-electron chi connectivity index (χ4n) is 2.03. The third kappa shape index (κ3) is 3.77. The van der Waals surface area contributed by atoms with Gasteiger partial charge in [-0.1, -0.05) is 19.0 Å². The van der Waals surface area contributed by atoms with Crippen molar-refractivity contribution in [2.24, 2.45) is 11.1 Å². The van der Waals surface area contributed by atoms with E-state index in [1.165, 1.54) is 12.2 Å². The summed E-state index contributed by atoms with van der Waals surface area (Å²) >= 11 is 0. The number of rotatable bonds is 3. The highest BCUT2D eigenvalue weighted by Gasteiger charge is 2.20. The van der Waals surface area contributed by atoms with Gasteiger partial charge in [0.15, 0.2) is 5.78 Å². The summed E-state index contributed by atoms with van der Waals surface area (Å²) in [4.78, 5) is 28.3. The van der Waals surface area contributed by atoms with Gasteiger partial charge < -0.3 is 4.84 Å². The largest absolute Gasteiger partial charge is 0.368 e. The molecule has 1 aliphatic carbocycles. The molecule has 0 bridgehead atoms. The van der Waals surface area contributed by atoms with Crippen LogP contribution in [0.15, 0.2) is 46.7 Å². The Balaban J connectivity index is 2.25. The number of carbonyl (C=O) groups excluding carboxylic acids is 2. The van der Waals surface area contributed by atoms with Gasteiger partial charge in [-0.25, -0.2) is 13.6 Å². The Hall–Kier alpha value is -2.63. The van der Waals surface area contributed by atoms with Crippen molar-refractivity contribution in [3.05, 3.63) is 58.7 Å². The van der Waals surface area contributed by atoms with Gasteiger partial charge in [-0.2, -0.15) is 0 Å². The van der Waals surface area contributed by atoms with E-state index in [9.17, 15) is 18.4 Å². The second-order valence-electron chi connectivity index (χ2n) is 5.43. The predicted octanol–water partition coefficient (Wildman–Crippen LogP) is 3.59. The number of hydrogen-bond acceptors (Lipinski definition) is 4. The number of halogens is 2. The van der Waals surface area contributed by atoms with E-state index in [0.29, 0.717) is 16.9 Å². The number of oxime groups is 1. The molecule has 0 amide bonds. The quantitative estimate of drug-likeness (QED) is 0.486. The Morgan fingerprint density at radius 3 is 2.57 bits per heavy atom. The molecule has 23 heavy (non-hydrogen) atoms. The molecule has 1 aromatic carbocycles. The minimum atomic E-state index is -1.11. The van der Waals surface area contributed by atoms with Gasteiger partial charge >= 0.3 is 5.97 Å². The van der Waals surface area contributed by atoms with E-state index in [4.69, 9.17) is 0 Å². The van der Waals surface area contributed by atoms with Crippen LogP contribution < -0.4 is 0 Å². The monoisotopic (exact) mass is 319 g/mol. The summed E-state index contributed by atoms with van der Waals surface area (Å²) < 4.78 is 26.6. The minimum Gasteiger partial charge on any atom is -0.312 e. The lowest BCUT2D eigenvalue weighted by Crippen LogP contribution is -2.16. The average molecular weight is 319 g/mol. The van der Waals surface area contributed by atoms with Crippen molar-refractivity contribution in [2.45, 2.75) is 20.8 Å². The van der Waals surface area contributed by atoms with Gasteiger partial charge in [0.2, 0.25) is 0 Å². The van der Waals surface area contributed by atoms with Crippen molar-refractivity contribution >= 4 is 17.5 Å². The summed E-state index contributed by atoms with van der Waals surface area (Å²) in [5.74, 6) is -2.92. The van der Waals surface area contributed by atoms with Crippen LogP contribution in [-0.4, -0.2) is 17.5 Å². The molecule has 0 aliphatic heterocycles. The number of ketones is 1. The third-order valence-corrected chi connectivity index (χ3v) is 3.33. The van der Waals surface area contributed by atoms with E-state index < -0.39 is 23.2 Å². The Bertz CT molecular complexity index is 761. The van der Waals surface area contributed by atoms with E-state index in [0.717, 1.165) is 18.2 Å². The van der Waals surface area contributed by atoms with Crippen LogP contribution in [-0.2, 0) is 9.63 Å². The van der Waals surface area contributed by atoms with Crippen LogP contribution in [0.25, 0.3) is 0 Å². The summed E-state index contributed by atoms with van der Waals surface area (Å²) in [7, 11) is 0. The number of hydrogen-bond donors (Lipinski definition) is 0. The summed E-state index contributed by atoms with van der Waals surface area (Å²) in [5, 5.41) is 3.66. The van der Waals surface area contributed by atoms with Crippen molar-refractivity contribution in [3.63, 3.8) is 0 Å². The van der Waals surface area contributed by atoms with E-state index in [-0.39, 0.29) is 11.7 Å². The lowest BCUT2D eigenvalue weighted by atomic mass is 9.90. The van der Waals surface area contributed by atoms with Crippen molar-refractivity contribution < 1.29 is 23.2 Å². The normalized spacial score (nSPS) is 16.4. The van der Waals surface area contributed by atoms with Crippen LogP contribution in [0.3, 0.4) is 0 Å². The van der Waals surface area contributed by atoms with Crippen LogP contribution in [0.2, 0.25) is 0 Å². The van der Waals surface area contributed by atoms with Crippen LogP contribution in [0, 0.1) is 17.6 Å². The molecule has 0 aromatic heterocycles. The average Bonchev–Trinajstić information content (AvgIpc) is 2.48. The fraction of sp³-hybridized carbons (Fsp3) is 0.235. The topological polar surface area (TPSA) is 55.7 Å². The maximum absolute atomic E-state index is 13.5.